The topological polar surface area (TPSA) is 8.81 Å². The van der Waals surface area contributed by atoms with Crippen molar-refractivity contribution in [2.45, 2.75) is 6.54 Å². The van der Waals surface area contributed by atoms with Crippen LogP contribution in [-0.2, 0) is 13.6 Å². The quantitative estimate of drug-likeness (QED) is 0.673. The Hall–Kier alpha value is -1.83. The highest BCUT2D eigenvalue weighted by Gasteiger charge is 2.15. The molecule has 2 aromatic rings. The Balaban J connectivity index is 2.03. The molecule has 1 aliphatic carbocycles. The zero-order chi connectivity index (χ0) is 11.0. The van der Waals surface area contributed by atoms with E-state index < -0.39 is 0 Å². The van der Waals surface area contributed by atoms with E-state index in [1.54, 1.807) is 0 Å². The van der Waals surface area contributed by atoms with Crippen molar-refractivity contribution in [1.29, 1.82) is 0 Å². The molecule has 1 heterocycles. The average molecular weight is 211 g/mol. The van der Waals surface area contributed by atoms with Gasteiger partial charge in [0, 0.05) is 5.92 Å². The van der Waals surface area contributed by atoms with Gasteiger partial charge >= 0.3 is 0 Å². The number of aromatic nitrogens is 2. The standard InChI is InChI=1S/C14H15N2/c1-15-11-16(10-12-6-2-3-7-12)14-9-5-4-8-13(14)15/h2-9,11-12H,10H2,1H3/q+1. The van der Waals surface area contributed by atoms with Gasteiger partial charge in [-0.3, -0.25) is 0 Å². The normalized spacial score (nSPS) is 15.3. The molecule has 0 bridgehead atoms. The van der Waals surface area contributed by atoms with Gasteiger partial charge in [0.1, 0.15) is 6.54 Å². The maximum atomic E-state index is 2.32. The van der Waals surface area contributed by atoms with Gasteiger partial charge in [0.15, 0.2) is 11.0 Å². The summed E-state index contributed by atoms with van der Waals surface area (Å²) in [5, 5.41) is 0. The van der Waals surface area contributed by atoms with E-state index in [-0.39, 0.29) is 0 Å². The summed E-state index contributed by atoms with van der Waals surface area (Å²) in [5.74, 6) is 0.538. The summed E-state index contributed by atoms with van der Waals surface area (Å²) in [7, 11) is 2.10. The number of aryl methyl sites for hydroxylation is 1. The minimum Gasteiger partial charge on any atom is -0.233 e. The molecule has 3 rings (SSSR count). The molecule has 0 saturated carbocycles. The minimum absolute atomic E-state index is 0.538. The molecule has 1 aromatic heterocycles. The maximum absolute atomic E-state index is 2.32. The molecule has 0 radical (unpaired) electrons. The summed E-state index contributed by atoms with van der Waals surface area (Å²) >= 11 is 0. The lowest BCUT2D eigenvalue weighted by Crippen LogP contribution is -2.25. The highest BCUT2D eigenvalue weighted by molar-refractivity contribution is 5.71. The summed E-state index contributed by atoms with van der Waals surface area (Å²) in [5.41, 5.74) is 2.59. The van der Waals surface area contributed by atoms with Crippen LogP contribution in [-0.4, -0.2) is 4.57 Å². The van der Waals surface area contributed by atoms with Crippen LogP contribution in [0.3, 0.4) is 0 Å². The van der Waals surface area contributed by atoms with E-state index in [1.165, 1.54) is 11.0 Å². The molecular weight excluding hydrogens is 196 g/mol. The molecule has 0 atom stereocenters. The van der Waals surface area contributed by atoms with Crippen LogP contribution in [0.25, 0.3) is 11.0 Å². The smallest absolute Gasteiger partial charge is 0.233 e. The van der Waals surface area contributed by atoms with Crippen molar-refractivity contribution in [1.82, 2.24) is 4.57 Å². The van der Waals surface area contributed by atoms with Crippen LogP contribution < -0.4 is 4.57 Å². The molecule has 0 spiro atoms. The van der Waals surface area contributed by atoms with Crippen LogP contribution in [0.5, 0.6) is 0 Å². The van der Waals surface area contributed by atoms with Crippen molar-refractivity contribution >= 4 is 11.0 Å². The summed E-state index contributed by atoms with van der Waals surface area (Å²) in [4.78, 5) is 0. The third kappa shape index (κ3) is 1.47. The first-order chi connectivity index (χ1) is 7.84. The highest BCUT2D eigenvalue weighted by Crippen LogP contribution is 2.16. The molecule has 0 N–H and O–H groups in total. The largest absolute Gasteiger partial charge is 0.244 e. The van der Waals surface area contributed by atoms with Gasteiger partial charge in [0.25, 0.3) is 0 Å². The van der Waals surface area contributed by atoms with Crippen LogP contribution in [0.15, 0.2) is 54.9 Å². The monoisotopic (exact) mass is 211 g/mol. The molecule has 2 nitrogen and oxygen atoms in total. The van der Waals surface area contributed by atoms with E-state index in [1.807, 2.05) is 0 Å². The second-order valence-electron chi connectivity index (χ2n) is 4.30. The van der Waals surface area contributed by atoms with Gasteiger partial charge in [-0.15, -0.1) is 0 Å². The fourth-order valence-corrected chi connectivity index (χ4v) is 2.31. The Morgan fingerprint density at radius 2 is 1.94 bits per heavy atom. The fraction of sp³-hybridized carbons (Fsp3) is 0.214. The van der Waals surface area contributed by atoms with Crippen molar-refractivity contribution in [3.63, 3.8) is 0 Å². The van der Waals surface area contributed by atoms with E-state index in [2.05, 4.69) is 71.1 Å². The van der Waals surface area contributed by atoms with Gasteiger partial charge in [-0.05, 0) is 12.1 Å². The Kier molecular flexibility index (Phi) is 2.13. The number of hydrogen-bond donors (Lipinski definition) is 0. The van der Waals surface area contributed by atoms with E-state index in [9.17, 15) is 0 Å². The first kappa shape index (κ1) is 9.40. The SMILES string of the molecule is C[n+]1cn(CC2C=CC=C2)c2ccccc21. The van der Waals surface area contributed by atoms with Gasteiger partial charge in [-0.2, -0.15) is 0 Å². The molecule has 80 valence electrons. The Morgan fingerprint density at radius 3 is 2.75 bits per heavy atom. The van der Waals surface area contributed by atoms with Crippen LogP contribution in [0.2, 0.25) is 0 Å². The Bertz CT molecular complexity index is 563. The lowest BCUT2D eigenvalue weighted by atomic mass is 10.2. The van der Waals surface area contributed by atoms with Crippen molar-refractivity contribution in [3.8, 4) is 0 Å². The molecule has 0 amide bonds. The highest BCUT2D eigenvalue weighted by atomic mass is 15.1. The minimum atomic E-state index is 0.538. The van der Waals surface area contributed by atoms with E-state index in [0.717, 1.165) is 6.54 Å². The van der Waals surface area contributed by atoms with Crippen molar-refractivity contribution in [2.24, 2.45) is 13.0 Å². The van der Waals surface area contributed by atoms with Gasteiger partial charge in [0.2, 0.25) is 6.33 Å². The predicted octanol–water partition coefficient (Wildman–Crippen LogP) is 2.21. The molecule has 0 aliphatic heterocycles. The molecular formula is C14H15N2+. The molecule has 0 saturated heterocycles. The number of rotatable bonds is 2. The van der Waals surface area contributed by atoms with Gasteiger partial charge < -0.3 is 0 Å². The number of allylic oxidation sites excluding steroid dienone is 4. The summed E-state index contributed by atoms with van der Waals surface area (Å²) < 4.78 is 4.50. The van der Waals surface area contributed by atoms with Crippen LogP contribution in [0, 0.1) is 5.92 Å². The number of nitrogens with zero attached hydrogens (tertiary/aromatic N) is 2. The first-order valence-corrected chi connectivity index (χ1v) is 5.63. The number of imidazole rings is 1. The molecule has 1 aliphatic rings. The van der Waals surface area contributed by atoms with Crippen LogP contribution >= 0.6 is 0 Å². The lowest BCUT2D eigenvalue weighted by Gasteiger charge is -2.01. The average Bonchev–Trinajstić information content (AvgIpc) is 2.90. The van der Waals surface area contributed by atoms with Crippen LogP contribution in [0.4, 0.5) is 0 Å². The van der Waals surface area contributed by atoms with Crippen molar-refractivity contribution < 1.29 is 4.57 Å². The van der Waals surface area contributed by atoms with Crippen LogP contribution in [0.1, 0.15) is 0 Å². The molecule has 0 unspecified atom stereocenters. The van der Waals surface area contributed by atoms with Crippen molar-refractivity contribution in [2.75, 3.05) is 0 Å². The Labute approximate surface area is 95.1 Å². The van der Waals surface area contributed by atoms with Gasteiger partial charge in [-0.25, -0.2) is 9.13 Å². The second kappa shape index (κ2) is 3.63. The maximum Gasteiger partial charge on any atom is 0.244 e. The zero-order valence-corrected chi connectivity index (χ0v) is 9.38. The predicted molar refractivity (Wildman–Crippen MR) is 64.9 cm³/mol. The number of hydrogen-bond acceptors (Lipinski definition) is 0. The molecule has 16 heavy (non-hydrogen) atoms. The number of para-hydroxylation sites is 2. The first-order valence-electron chi connectivity index (χ1n) is 5.63. The zero-order valence-electron chi connectivity index (χ0n) is 9.38. The Morgan fingerprint density at radius 1 is 1.19 bits per heavy atom. The van der Waals surface area contributed by atoms with Crippen molar-refractivity contribution in [3.05, 3.63) is 54.9 Å². The van der Waals surface area contributed by atoms with Gasteiger partial charge in [0.05, 0.1) is 7.05 Å². The third-order valence-corrected chi connectivity index (χ3v) is 3.12. The molecule has 1 aromatic carbocycles. The fourth-order valence-electron chi connectivity index (χ4n) is 2.31. The molecule has 0 fully saturated rings. The summed E-state index contributed by atoms with van der Waals surface area (Å²) in [6.45, 7) is 1.02. The number of fused-ring (bicyclic) bond motifs is 1. The third-order valence-electron chi connectivity index (χ3n) is 3.12. The van der Waals surface area contributed by atoms with E-state index >= 15 is 0 Å². The van der Waals surface area contributed by atoms with E-state index in [0.29, 0.717) is 5.92 Å². The summed E-state index contributed by atoms with van der Waals surface area (Å²) in [6.07, 6.45) is 10.9. The second-order valence-corrected chi connectivity index (χ2v) is 4.30. The summed E-state index contributed by atoms with van der Waals surface area (Å²) in [6, 6.07) is 8.52. The van der Waals surface area contributed by atoms with Gasteiger partial charge in [-0.1, -0.05) is 36.4 Å². The molecule has 2 heteroatoms. The van der Waals surface area contributed by atoms with E-state index in [4.69, 9.17) is 0 Å². The number of benzene rings is 1. The lowest BCUT2D eigenvalue weighted by molar-refractivity contribution is -0.645.